The Morgan fingerprint density at radius 1 is 0.833 bits per heavy atom. The number of hydrogen-bond acceptors (Lipinski definition) is 2. The Labute approximate surface area is 118 Å². The minimum atomic E-state index is -1.65. The summed E-state index contributed by atoms with van der Waals surface area (Å²) in [5.74, 6) is 0. The molecule has 2 nitrogen and oxygen atoms in total. The van der Waals surface area contributed by atoms with Crippen LogP contribution in [0, 0.1) is 0 Å². The van der Waals surface area contributed by atoms with Gasteiger partial charge in [0, 0.05) is 10.6 Å². The van der Waals surface area contributed by atoms with Crippen LogP contribution in [0.4, 0.5) is 0 Å². The van der Waals surface area contributed by atoms with Gasteiger partial charge in [-0.25, -0.2) is 0 Å². The molecule has 5 heteroatoms. The first-order chi connectivity index (χ1) is 8.07. The molecule has 0 atom stereocenters. The second kappa shape index (κ2) is 5.88. The van der Waals surface area contributed by atoms with Crippen molar-refractivity contribution in [1.29, 1.82) is 0 Å². The van der Waals surface area contributed by atoms with Crippen molar-refractivity contribution in [3.8, 4) is 0 Å². The summed E-state index contributed by atoms with van der Waals surface area (Å²) in [6, 6.07) is 7.72. The second-order valence-electron chi connectivity index (χ2n) is 6.34. The van der Waals surface area contributed by atoms with Crippen molar-refractivity contribution in [2.24, 2.45) is 0 Å². The first-order valence-electron chi connectivity index (χ1n) is 6.18. The fraction of sp³-hybridized carbons (Fsp3) is 0.538. The molecule has 0 aromatic heterocycles. The summed E-state index contributed by atoms with van der Waals surface area (Å²) >= 11 is 5.92. The van der Waals surface area contributed by atoms with Crippen LogP contribution in [0.3, 0.4) is 0 Å². The molecule has 1 rings (SSSR count). The number of benzene rings is 1. The predicted molar refractivity (Wildman–Crippen MR) is 83.1 cm³/mol. The van der Waals surface area contributed by atoms with Crippen LogP contribution < -0.4 is 0 Å². The first kappa shape index (κ1) is 15.9. The van der Waals surface area contributed by atoms with E-state index in [1.807, 2.05) is 24.3 Å². The fourth-order valence-electron chi connectivity index (χ4n) is 1.42. The van der Waals surface area contributed by atoms with Crippen LogP contribution in [-0.2, 0) is 8.85 Å². The minimum absolute atomic E-state index is 0.263. The third-order valence-electron chi connectivity index (χ3n) is 2.06. The van der Waals surface area contributed by atoms with Gasteiger partial charge in [0.25, 0.3) is 0 Å². The molecule has 0 saturated heterocycles. The summed E-state index contributed by atoms with van der Waals surface area (Å²) in [5, 5.41) is 0.735. The zero-order valence-corrected chi connectivity index (χ0v) is 14.8. The van der Waals surface area contributed by atoms with Gasteiger partial charge in [-0.1, -0.05) is 23.7 Å². The van der Waals surface area contributed by atoms with E-state index < -0.39 is 16.6 Å². The first-order valence-corrected chi connectivity index (χ1v) is 13.4. The van der Waals surface area contributed by atoms with Crippen molar-refractivity contribution in [2.45, 2.75) is 45.6 Å². The van der Waals surface area contributed by atoms with Crippen LogP contribution in [0.15, 0.2) is 24.3 Å². The van der Waals surface area contributed by atoms with Crippen LogP contribution in [0.1, 0.15) is 11.9 Å². The van der Waals surface area contributed by atoms with Gasteiger partial charge in [0.2, 0.25) is 0 Å². The molecule has 0 aliphatic heterocycles. The van der Waals surface area contributed by atoms with E-state index in [4.69, 9.17) is 20.5 Å². The highest BCUT2D eigenvalue weighted by molar-refractivity contribution is 6.70. The van der Waals surface area contributed by atoms with Gasteiger partial charge in [0.1, 0.15) is 0 Å². The van der Waals surface area contributed by atoms with Gasteiger partial charge in [-0.2, -0.15) is 0 Å². The summed E-state index contributed by atoms with van der Waals surface area (Å²) in [6.07, 6.45) is -0.263. The van der Waals surface area contributed by atoms with Crippen LogP contribution >= 0.6 is 11.6 Å². The lowest BCUT2D eigenvalue weighted by molar-refractivity contribution is -0.00961. The number of hydrogen-bond donors (Lipinski definition) is 0. The molecule has 0 unspecified atom stereocenters. The van der Waals surface area contributed by atoms with Crippen molar-refractivity contribution < 1.29 is 8.85 Å². The average Bonchev–Trinajstić information content (AvgIpc) is 2.13. The SMILES string of the molecule is C[Si](C)(C)OC(O[Si](C)(C)C)c1ccc(Cl)cc1. The Balaban J connectivity index is 2.93. The van der Waals surface area contributed by atoms with E-state index in [1.54, 1.807) is 0 Å². The molecule has 0 radical (unpaired) electrons. The van der Waals surface area contributed by atoms with E-state index in [9.17, 15) is 0 Å². The Kier molecular flexibility index (Phi) is 5.20. The van der Waals surface area contributed by atoms with Crippen LogP contribution in [0.2, 0.25) is 44.3 Å². The third kappa shape index (κ3) is 6.15. The molecule has 0 amide bonds. The molecule has 102 valence electrons. The smallest absolute Gasteiger partial charge is 0.187 e. The van der Waals surface area contributed by atoms with Gasteiger partial charge in [0.05, 0.1) is 0 Å². The number of halogens is 1. The molecule has 1 aromatic carbocycles. The summed E-state index contributed by atoms with van der Waals surface area (Å²) in [6.45, 7) is 13.0. The van der Waals surface area contributed by atoms with E-state index >= 15 is 0 Å². The van der Waals surface area contributed by atoms with Gasteiger partial charge in [-0.15, -0.1) is 0 Å². The van der Waals surface area contributed by atoms with E-state index in [1.165, 1.54) is 0 Å². The quantitative estimate of drug-likeness (QED) is 0.560. The summed E-state index contributed by atoms with van der Waals surface area (Å²) in [4.78, 5) is 0. The van der Waals surface area contributed by atoms with Gasteiger partial charge in [-0.05, 0) is 51.4 Å². The van der Waals surface area contributed by atoms with E-state index in [0.29, 0.717) is 0 Å². The average molecular weight is 303 g/mol. The lowest BCUT2D eigenvalue weighted by Crippen LogP contribution is -2.35. The highest BCUT2D eigenvalue weighted by Crippen LogP contribution is 2.28. The zero-order chi connectivity index (χ0) is 14.0. The topological polar surface area (TPSA) is 18.5 Å². The molecule has 0 fully saturated rings. The van der Waals surface area contributed by atoms with Crippen LogP contribution in [0.25, 0.3) is 0 Å². The predicted octanol–water partition coefficient (Wildman–Crippen LogP) is 5.04. The van der Waals surface area contributed by atoms with Crippen molar-refractivity contribution in [3.63, 3.8) is 0 Å². The van der Waals surface area contributed by atoms with E-state index in [2.05, 4.69) is 39.3 Å². The van der Waals surface area contributed by atoms with Crippen molar-refractivity contribution in [3.05, 3.63) is 34.9 Å². The second-order valence-corrected chi connectivity index (χ2v) is 15.7. The number of rotatable bonds is 5. The fourth-order valence-corrected chi connectivity index (χ4v) is 3.30. The highest BCUT2D eigenvalue weighted by atomic mass is 35.5. The maximum Gasteiger partial charge on any atom is 0.187 e. The van der Waals surface area contributed by atoms with E-state index in [-0.39, 0.29) is 6.29 Å². The summed E-state index contributed by atoms with van der Waals surface area (Å²) < 4.78 is 12.3. The molecule has 0 aliphatic carbocycles. The Morgan fingerprint density at radius 3 is 1.56 bits per heavy atom. The highest BCUT2D eigenvalue weighted by Gasteiger charge is 2.27. The summed E-state index contributed by atoms with van der Waals surface area (Å²) in [5.41, 5.74) is 1.05. The van der Waals surface area contributed by atoms with Gasteiger partial charge in [0.15, 0.2) is 22.9 Å². The molecule has 0 spiro atoms. The van der Waals surface area contributed by atoms with Gasteiger partial charge in [-0.3, -0.25) is 0 Å². The van der Waals surface area contributed by atoms with Crippen LogP contribution in [-0.4, -0.2) is 16.6 Å². The Morgan fingerprint density at radius 2 is 1.22 bits per heavy atom. The maximum absolute atomic E-state index is 6.15. The molecular formula is C13H23ClO2Si2. The molecule has 0 bridgehead atoms. The molecule has 1 aromatic rings. The van der Waals surface area contributed by atoms with Crippen molar-refractivity contribution in [1.82, 2.24) is 0 Å². The molecule has 0 heterocycles. The van der Waals surface area contributed by atoms with Gasteiger partial charge >= 0.3 is 0 Å². The monoisotopic (exact) mass is 302 g/mol. The standard InChI is InChI=1S/C13H23ClO2Si2/c1-17(2,3)15-13(16-18(4,5)6)11-7-9-12(14)10-8-11/h7-10,13H,1-6H3. The third-order valence-corrected chi connectivity index (χ3v) is 4.16. The molecule has 0 saturated carbocycles. The Hall–Kier alpha value is -0.136. The van der Waals surface area contributed by atoms with Crippen LogP contribution in [0.5, 0.6) is 0 Å². The Bertz CT molecular complexity index is 363. The van der Waals surface area contributed by atoms with Gasteiger partial charge < -0.3 is 8.85 Å². The van der Waals surface area contributed by atoms with Crippen molar-refractivity contribution >= 4 is 28.2 Å². The minimum Gasteiger partial charge on any atom is -0.390 e. The molecular weight excluding hydrogens is 280 g/mol. The molecule has 18 heavy (non-hydrogen) atoms. The summed E-state index contributed by atoms with van der Waals surface area (Å²) in [7, 11) is -3.30. The largest absolute Gasteiger partial charge is 0.390 e. The maximum atomic E-state index is 6.15. The van der Waals surface area contributed by atoms with Crippen molar-refractivity contribution in [2.75, 3.05) is 0 Å². The molecule has 0 N–H and O–H groups in total. The zero-order valence-electron chi connectivity index (χ0n) is 12.1. The lowest BCUT2D eigenvalue weighted by Gasteiger charge is -2.31. The molecule has 0 aliphatic rings. The normalized spacial score (nSPS) is 13.1. The lowest BCUT2D eigenvalue weighted by atomic mass is 10.2. The van der Waals surface area contributed by atoms with E-state index in [0.717, 1.165) is 10.6 Å².